The van der Waals surface area contributed by atoms with Crippen LogP contribution in [-0.4, -0.2) is 10.2 Å². The van der Waals surface area contributed by atoms with E-state index in [-0.39, 0.29) is 6.61 Å². The van der Waals surface area contributed by atoms with Gasteiger partial charge >= 0.3 is 0 Å². The first-order valence-corrected chi connectivity index (χ1v) is 8.07. The zero-order valence-electron chi connectivity index (χ0n) is 11.0. The third kappa shape index (κ3) is 3.45. The molecule has 0 N–H and O–H groups in total. The molecule has 7 heteroatoms. The van der Waals surface area contributed by atoms with E-state index < -0.39 is 0 Å². The number of aryl methyl sites for hydroxylation is 1. The molecule has 4 nitrogen and oxygen atoms in total. The summed E-state index contributed by atoms with van der Waals surface area (Å²) in [6.07, 6.45) is 0. The van der Waals surface area contributed by atoms with Crippen molar-refractivity contribution in [3.8, 4) is 16.5 Å². The lowest BCUT2D eigenvalue weighted by molar-refractivity contribution is 0.263. The first-order valence-electron chi connectivity index (χ1n) is 6.09. The highest BCUT2D eigenvalue weighted by Gasteiger charge is 2.11. The minimum Gasteiger partial charge on any atom is -0.484 e. The van der Waals surface area contributed by atoms with Crippen LogP contribution in [0, 0.1) is 6.92 Å². The maximum Gasteiger partial charge on any atom is 0.257 e. The predicted octanol–water partition coefficient (Wildman–Crippen LogP) is 5.10. The van der Waals surface area contributed by atoms with Crippen molar-refractivity contribution in [1.29, 1.82) is 0 Å². The average Bonchev–Trinajstić information content (AvgIpc) is 3.06. The van der Waals surface area contributed by atoms with E-state index in [0.29, 0.717) is 16.8 Å². The fourth-order valence-corrected chi connectivity index (χ4v) is 3.29. The van der Waals surface area contributed by atoms with Gasteiger partial charge < -0.3 is 9.15 Å². The molecule has 1 aromatic carbocycles. The smallest absolute Gasteiger partial charge is 0.257 e. The molecular weight excluding hydrogens is 376 g/mol. The number of hydrogen-bond donors (Lipinski definition) is 0. The molecule has 0 atom stereocenters. The Morgan fingerprint density at radius 1 is 1.29 bits per heavy atom. The van der Waals surface area contributed by atoms with Crippen LogP contribution in [0.2, 0.25) is 5.02 Å². The van der Waals surface area contributed by atoms with Gasteiger partial charge in [0.2, 0.25) is 0 Å². The average molecular weight is 386 g/mol. The Hall–Kier alpha value is -1.37. The van der Waals surface area contributed by atoms with E-state index in [4.69, 9.17) is 20.8 Å². The Kier molecular flexibility index (Phi) is 4.28. The van der Waals surface area contributed by atoms with E-state index in [1.54, 1.807) is 6.07 Å². The van der Waals surface area contributed by atoms with Crippen molar-refractivity contribution in [1.82, 2.24) is 10.2 Å². The second kappa shape index (κ2) is 6.17. The van der Waals surface area contributed by atoms with E-state index in [2.05, 4.69) is 26.1 Å². The van der Waals surface area contributed by atoms with Gasteiger partial charge in [-0.15, -0.1) is 21.5 Å². The van der Waals surface area contributed by atoms with Gasteiger partial charge in [0.15, 0.2) is 6.61 Å². The molecule has 108 valence electrons. The molecule has 2 aromatic heterocycles. The first kappa shape index (κ1) is 14.6. The highest BCUT2D eigenvalue weighted by molar-refractivity contribution is 9.11. The molecule has 0 bridgehead atoms. The molecule has 21 heavy (non-hydrogen) atoms. The summed E-state index contributed by atoms with van der Waals surface area (Å²) in [6.45, 7) is 2.16. The molecule has 0 aliphatic rings. The summed E-state index contributed by atoms with van der Waals surface area (Å²) < 4.78 is 12.3. The van der Waals surface area contributed by atoms with Crippen LogP contribution in [0.15, 0.2) is 38.5 Å². The highest BCUT2D eigenvalue weighted by Crippen LogP contribution is 2.30. The van der Waals surface area contributed by atoms with E-state index in [1.165, 1.54) is 11.3 Å². The molecule has 0 aliphatic carbocycles. The Morgan fingerprint density at radius 2 is 2.14 bits per heavy atom. The van der Waals surface area contributed by atoms with Gasteiger partial charge in [-0.1, -0.05) is 11.6 Å². The van der Waals surface area contributed by atoms with Crippen LogP contribution in [0.3, 0.4) is 0 Å². The summed E-state index contributed by atoms with van der Waals surface area (Å²) >= 11 is 10.9. The van der Waals surface area contributed by atoms with Crippen LogP contribution >= 0.6 is 38.9 Å². The summed E-state index contributed by atoms with van der Waals surface area (Å²) in [7, 11) is 0. The molecule has 3 aromatic rings. The van der Waals surface area contributed by atoms with Gasteiger partial charge in [-0.2, -0.15) is 0 Å². The van der Waals surface area contributed by atoms with Gasteiger partial charge in [0.05, 0.1) is 8.66 Å². The summed E-state index contributed by atoms with van der Waals surface area (Å²) in [5.41, 5.74) is 0.962. The number of ether oxygens (including phenoxy) is 1. The van der Waals surface area contributed by atoms with E-state index in [1.807, 2.05) is 31.2 Å². The number of halogens is 2. The lowest BCUT2D eigenvalue weighted by Crippen LogP contribution is -1.97. The molecule has 2 heterocycles. The van der Waals surface area contributed by atoms with Crippen molar-refractivity contribution in [3.63, 3.8) is 0 Å². The maximum absolute atomic E-state index is 5.91. The van der Waals surface area contributed by atoms with Crippen LogP contribution in [0.4, 0.5) is 0 Å². The fraction of sp³-hybridized carbons (Fsp3) is 0.143. The van der Waals surface area contributed by atoms with Gasteiger partial charge in [-0.05, 0) is 58.7 Å². The summed E-state index contributed by atoms with van der Waals surface area (Å²) in [5.74, 6) is 1.68. The summed E-state index contributed by atoms with van der Waals surface area (Å²) in [4.78, 5) is 0.920. The van der Waals surface area contributed by atoms with E-state index >= 15 is 0 Å². The molecule has 0 saturated heterocycles. The van der Waals surface area contributed by atoms with Crippen LogP contribution in [-0.2, 0) is 6.61 Å². The van der Waals surface area contributed by atoms with Gasteiger partial charge in [0.1, 0.15) is 5.75 Å². The molecular formula is C14H10BrClN2O2S. The fourth-order valence-electron chi connectivity index (χ4n) is 1.75. The van der Waals surface area contributed by atoms with Crippen molar-refractivity contribution >= 4 is 38.9 Å². The van der Waals surface area contributed by atoms with Crippen molar-refractivity contribution in [3.05, 3.63) is 50.6 Å². The Bertz CT molecular complexity index is 772. The Labute approximate surface area is 138 Å². The summed E-state index contributed by atoms with van der Waals surface area (Å²) in [6, 6.07) is 9.32. The molecule has 0 aliphatic heterocycles. The molecule has 0 saturated carbocycles. The van der Waals surface area contributed by atoms with Crippen LogP contribution in [0.25, 0.3) is 10.8 Å². The Morgan fingerprint density at radius 3 is 2.86 bits per heavy atom. The van der Waals surface area contributed by atoms with Gasteiger partial charge in [0.25, 0.3) is 11.8 Å². The lowest BCUT2D eigenvalue weighted by atomic mass is 10.2. The lowest BCUT2D eigenvalue weighted by Gasteiger charge is -2.06. The third-order valence-corrected chi connectivity index (χ3v) is 4.59. The van der Waals surface area contributed by atoms with Crippen LogP contribution in [0.5, 0.6) is 5.75 Å². The summed E-state index contributed by atoms with van der Waals surface area (Å²) in [5, 5.41) is 8.69. The molecule has 3 rings (SSSR count). The zero-order valence-corrected chi connectivity index (χ0v) is 14.1. The monoisotopic (exact) mass is 384 g/mol. The Balaban J connectivity index is 1.70. The molecule has 0 amide bonds. The molecule has 0 spiro atoms. The van der Waals surface area contributed by atoms with Gasteiger partial charge in [0, 0.05) is 5.02 Å². The van der Waals surface area contributed by atoms with Crippen molar-refractivity contribution in [2.24, 2.45) is 0 Å². The standard InChI is InChI=1S/C14H10BrClN2O2S/c1-8-6-9(16)2-3-10(8)19-7-13-17-18-14(20-13)11-4-5-12(15)21-11/h2-6H,7H2,1H3. The van der Waals surface area contributed by atoms with Gasteiger partial charge in [-0.25, -0.2) is 0 Å². The van der Waals surface area contributed by atoms with Crippen molar-refractivity contribution in [2.45, 2.75) is 13.5 Å². The van der Waals surface area contributed by atoms with Crippen LogP contribution < -0.4 is 4.74 Å². The quantitative estimate of drug-likeness (QED) is 0.627. The number of benzene rings is 1. The molecule has 0 radical (unpaired) electrons. The second-order valence-electron chi connectivity index (χ2n) is 4.30. The second-order valence-corrected chi connectivity index (χ2v) is 7.20. The van der Waals surface area contributed by atoms with E-state index in [9.17, 15) is 0 Å². The van der Waals surface area contributed by atoms with Gasteiger partial charge in [-0.3, -0.25) is 0 Å². The van der Waals surface area contributed by atoms with Crippen molar-refractivity contribution in [2.75, 3.05) is 0 Å². The minimum absolute atomic E-state index is 0.224. The number of hydrogen-bond acceptors (Lipinski definition) is 5. The third-order valence-electron chi connectivity index (χ3n) is 2.74. The largest absolute Gasteiger partial charge is 0.484 e. The maximum atomic E-state index is 5.91. The predicted molar refractivity (Wildman–Crippen MR) is 85.8 cm³/mol. The number of nitrogens with zero attached hydrogens (tertiary/aromatic N) is 2. The molecule has 0 unspecified atom stereocenters. The number of rotatable bonds is 4. The molecule has 0 fully saturated rings. The minimum atomic E-state index is 0.224. The topological polar surface area (TPSA) is 48.2 Å². The number of thiophene rings is 1. The number of aromatic nitrogens is 2. The SMILES string of the molecule is Cc1cc(Cl)ccc1OCc1nnc(-c2ccc(Br)s2)o1. The zero-order chi connectivity index (χ0) is 14.8. The normalized spacial score (nSPS) is 10.8. The van der Waals surface area contributed by atoms with E-state index in [0.717, 1.165) is 20.0 Å². The van der Waals surface area contributed by atoms with Crippen molar-refractivity contribution < 1.29 is 9.15 Å². The van der Waals surface area contributed by atoms with Crippen LogP contribution in [0.1, 0.15) is 11.5 Å². The highest BCUT2D eigenvalue weighted by atomic mass is 79.9. The first-order chi connectivity index (χ1) is 10.1.